The predicted molar refractivity (Wildman–Crippen MR) is 78.1 cm³/mol. The number of rotatable bonds is 2. The molecule has 0 saturated carbocycles. The van der Waals surface area contributed by atoms with E-state index < -0.39 is 17.3 Å². The maximum absolute atomic E-state index is 12.7. The number of hydrogen-bond acceptors (Lipinski definition) is 2. The molecule has 0 saturated heterocycles. The zero-order chi connectivity index (χ0) is 15.8. The Kier molecular flexibility index (Phi) is 3.60. The fourth-order valence-corrected chi connectivity index (χ4v) is 2.59. The average Bonchev–Trinajstić information content (AvgIpc) is 2.98. The summed E-state index contributed by atoms with van der Waals surface area (Å²) in [6, 6.07) is 12.0. The summed E-state index contributed by atoms with van der Waals surface area (Å²) in [4.78, 5) is 4.36. The molecule has 1 heterocycles. The lowest BCUT2D eigenvalue weighted by Gasteiger charge is -2.26. The van der Waals surface area contributed by atoms with Crippen molar-refractivity contribution in [2.24, 2.45) is 4.99 Å². The molecule has 1 unspecified atom stereocenters. The summed E-state index contributed by atoms with van der Waals surface area (Å²) >= 11 is 5.89. The van der Waals surface area contributed by atoms with Gasteiger partial charge in [-0.2, -0.15) is 13.2 Å². The molecule has 0 N–H and O–H groups in total. The first kappa shape index (κ1) is 14.9. The molecule has 2 nitrogen and oxygen atoms in total. The topological polar surface area (TPSA) is 21.6 Å². The Morgan fingerprint density at radius 3 is 1.95 bits per heavy atom. The fraction of sp³-hybridized carbons (Fsp3) is 0.188. The van der Waals surface area contributed by atoms with E-state index in [4.69, 9.17) is 16.3 Å². The van der Waals surface area contributed by atoms with Crippen LogP contribution in [0.1, 0.15) is 16.7 Å². The van der Waals surface area contributed by atoms with Crippen molar-refractivity contribution in [1.29, 1.82) is 0 Å². The van der Waals surface area contributed by atoms with Crippen LogP contribution in [0.2, 0.25) is 5.02 Å². The second-order valence-electron chi connectivity index (χ2n) is 4.99. The molecule has 6 heteroatoms. The summed E-state index contributed by atoms with van der Waals surface area (Å²) in [6.07, 6.45) is -3.03. The van der Waals surface area contributed by atoms with E-state index >= 15 is 0 Å². The van der Waals surface area contributed by atoms with Crippen molar-refractivity contribution in [3.63, 3.8) is 0 Å². The van der Waals surface area contributed by atoms with Gasteiger partial charge < -0.3 is 4.74 Å². The van der Waals surface area contributed by atoms with Gasteiger partial charge in [0.15, 0.2) is 6.40 Å². The van der Waals surface area contributed by atoms with Crippen LogP contribution in [-0.2, 0) is 16.5 Å². The number of nitrogens with zero attached hydrogens (tertiary/aromatic N) is 1. The van der Waals surface area contributed by atoms with Gasteiger partial charge in [0.25, 0.3) is 0 Å². The molecule has 2 aromatic carbocycles. The van der Waals surface area contributed by atoms with Crippen molar-refractivity contribution in [1.82, 2.24) is 0 Å². The molecule has 0 amide bonds. The van der Waals surface area contributed by atoms with Crippen molar-refractivity contribution >= 4 is 18.0 Å². The van der Waals surface area contributed by atoms with Gasteiger partial charge in [0.05, 0.1) is 5.56 Å². The number of halogens is 4. The summed E-state index contributed by atoms with van der Waals surface area (Å²) < 4.78 is 43.3. The molecule has 114 valence electrons. The highest BCUT2D eigenvalue weighted by Gasteiger charge is 2.38. The number of hydrogen-bond donors (Lipinski definition) is 0. The van der Waals surface area contributed by atoms with Crippen LogP contribution < -0.4 is 0 Å². The van der Waals surface area contributed by atoms with Gasteiger partial charge in [0, 0.05) is 5.02 Å². The van der Waals surface area contributed by atoms with Gasteiger partial charge in [-0.15, -0.1) is 0 Å². The Labute approximate surface area is 130 Å². The van der Waals surface area contributed by atoms with Gasteiger partial charge in [-0.25, -0.2) is 4.99 Å². The summed E-state index contributed by atoms with van der Waals surface area (Å²) in [5, 5.41) is 0.578. The Balaban J connectivity index is 2.05. The molecule has 0 fully saturated rings. The number of benzene rings is 2. The molecule has 0 radical (unpaired) electrons. The standard InChI is InChI=1S/C16H11ClF3NO/c17-14-7-5-12(6-8-14)15(9-22-10-21-15)11-1-3-13(4-2-11)16(18,19)20/h1-8,10H,9H2. The third kappa shape index (κ3) is 2.57. The number of aliphatic imine (C=N–C) groups is 1. The lowest BCUT2D eigenvalue weighted by molar-refractivity contribution is -0.137. The average molecular weight is 326 g/mol. The predicted octanol–water partition coefficient (Wildman–Crippen LogP) is 4.66. The van der Waals surface area contributed by atoms with E-state index in [1.54, 1.807) is 24.3 Å². The third-order valence-corrected chi connectivity index (χ3v) is 3.90. The lowest BCUT2D eigenvalue weighted by atomic mass is 9.84. The molecule has 2 aromatic rings. The van der Waals surface area contributed by atoms with Gasteiger partial charge in [-0.1, -0.05) is 35.9 Å². The Hall–Kier alpha value is -2.01. The van der Waals surface area contributed by atoms with E-state index in [1.807, 2.05) is 0 Å². The van der Waals surface area contributed by atoms with Crippen LogP contribution in [0.15, 0.2) is 53.5 Å². The smallest absolute Gasteiger partial charge is 0.416 e. The minimum absolute atomic E-state index is 0.236. The van der Waals surface area contributed by atoms with Crippen LogP contribution in [0.4, 0.5) is 13.2 Å². The number of ether oxygens (including phenoxy) is 1. The summed E-state index contributed by atoms with van der Waals surface area (Å²) in [7, 11) is 0. The van der Waals surface area contributed by atoms with Crippen molar-refractivity contribution in [3.8, 4) is 0 Å². The second-order valence-corrected chi connectivity index (χ2v) is 5.42. The monoisotopic (exact) mass is 325 g/mol. The van der Waals surface area contributed by atoms with Crippen LogP contribution in [0, 0.1) is 0 Å². The highest BCUT2D eigenvalue weighted by atomic mass is 35.5. The van der Waals surface area contributed by atoms with Crippen molar-refractivity contribution in [2.75, 3.05) is 6.61 Å². The van der Waals surface area contributed by atoms with Crippen LogP contribution >= 0.6 is 11.6 Å². The minimum atomic E-state index is -4.36. The molecule has 0 spiro atoms. The molecule has 22 heavy (non-hydrogen) atoms. The molecule has 0 aromatic heterocycles. The lowest BCUT2D eigenvalue weighted by Crippen LogP contribution is -2.27. The molecule has 1 atom stereocenters. The Morgan fingerprint density at radius 1 is 0.955 bits per heavy atom. The molecule has 3 rings (SSSR count). The second kappa shape index (κ2) is 5.32. The largest absolute Gasteiger partial charge is 0.480 e. The normalized spacial score (nSPS) is 20.9. The minimum Gasteiger partial charge on any atom is -0.480 e. The van der Waals surface area contributed by atoms with Crippen LogP contribution in [0.5, 0.6) is 0 Å². The quantitative estimate of drug-likeness (QED) is 0.787. The SMILES string of the molecule is FC(F)(F)c1ccc(C2(c3ccc(Cl)cc3)COC=N2)cc1. The summed E-state index contributed by atoms with van der Waals surface area (Å²) in [5.41, 5.74) is -0.0817. The first-order valence-electron chi connectivity index (χ1n) is 6.51. The van der Waals surface area contributed by atoms with Gasteiger partial charge in [-0.3, -0.25) is 0 Å². The zero-order valence-electron chi connectivity index (χ0n) is 11.3. The van der Waals surface area contributed by atoms with E-state index in [1.165, 1.54) is 18.5 Å². The van der Waals surface area contributed by atoms with Gasteiger partial charge in [0.2, 0.25) is 0 Å². The Bertz CT molecular complexity index is 695. The molecular formula is C16H11ClF3NO. The van der Waals surface area contributed by atoms with Gasteiger partial charge in [-0.05, 0) is 35.4 Å². The van der Waals surface area contributed by atoms with Gasteiger partial charge in [0.1, 0.15) is 12.1 Å². The first-order chi connectivity index (χ1) is 10.4. The molecule has 1 aliphatic rings. The summed E-state index contributed by atoms with van der Waals surface area (Å²) in [5.74, 6) is 0. The highest BCUT2D eigenvalue weighted by molar-refractivity contribution is 6.30. The zero-order valence-corrected chi connectivity index (χ0v) is 12.0. The van der Waals surface area contributed by atoms with Crippen LogP contribution in [-0.4, -0.2) is 13.0 Å². The van der Waals surface area contributed by atoms with Crippen LogP contribution in [0.25, 0.3) is 0 Å². The molecular weight excluding hydrogens is 315 g/mol. The first-order valence-corrected chi connectivity index (χ1v) is 6.89. The fourth-order valence-electron chi connectivity index (χ4n) is 2.47. The number of alkyl halides is 3. The van der Waals surface area contributed by atoms with Crippen molar-refractivity contribution in [2.45, 2.75) is 11.7 Å². The van der Waals surface area contributed by atoms with E-state index in [9.17, 15) is 13.2 Å². The van der Waals surface area contributed by atoms with E-state index in [0.717, 1.165) is 17.7 Å². The summed E-state index contributed by atoms with van der Waals surface area (Å²) in [6.45, 7) is 0.236. The van der Waals surface area contributed by atoms with Gasteiger partial charge >= 0.3 is 6.18 Å². The molecule has 0 bridgehead atoms. The van der Waals surface area contributed by atoms with E-state index in [-0.39, 0.29) is 6.61 Å². The van der Waals surface area contributed by atoms with Crippen molar-refractivity contribution in [3.05, 3.63) is 70.2 Å². The maximum atomic E-state index is 12.7. The Morgan fingerprint density at radius 2 is 1.50 bits per heavy atom. The molecule has 1 aliphatic heterocycles. The highest BCUT2D eigenvalue weighted by Crippen LogP contribution is 2.38. The van der Waals surface area contributed by atoms with E-state index in [0.29, 0.717) is 10.6 Å². The molecule has 0 aliphatic carbocycles. The van der Waals surface area contributed by atoms with Crippen molar-refractivity contribution < 1.29 is 17.9 Å². The van der Waals surface area contributed by atoms with E-state index in [2.05, 4.69) is 4.99 Å². The van der Waals surface area contributed by atoms with Crippen LogP contribution in [0.3, 0.4) is 0 Å². The third-order valence-electron chi connectivity index (χ3n) is 3.65. The maximum Gasteiger partial charge on any atom is 0.416 e.